The van der Waals surface area contributed by atoms with Gasteiger partial charge in [-0.1, -0.05) is 36.4 Å². The molecule has 0 aliphatic rings. The van der Waals surface area contributed by atoms with Crippen molar-refractivity contribution in [3.8, 4) is 28.0 Å². The minimum absolute atomic E-state index is 0.0408. The molecule has 0 spiro atoms. The first-order valence-corrected chi connectivity index (χ1v) is 12.4. The highest BCUT2D eigenvalue weighted by molar-refractivity contribution is 6.04. The van der Waals surface area contributed by atoms with Gasteiger partial charge in [-0.3, -0.25) is 14.6 Å². The van der Waals surface area contributed by atoms with Crippen LogP contribution in [0.15, 0.2) is 66.9 Å². The highest BCUT2D eigenvalue weighted by Gasteiger charge is 2.17. The Hall–Kier alpha value is -4.56. The zero-order valence-electron chi connectivity index (χ0n) is 22.3. The van der Waals surface area contributed by atoms with Crippen LogP contribution in [-0.4, -0.2) is 31.1 Å². The number of methoxy groups -OCH3 is 2. The second kappa shape index (κ2) is 11.9. The fourth-order valence-electron chi connectivity index (χ4n) is 4.54. The van der Waals surface area contributed by atoms with E-state index in [1.807, 2.05) is 50.2 Å². The number of nitrogens with two attached hydrogens (primary N) is 1. The summed E-state index contributed by atoms with van der Waals surface area (Å²) in [6.07, 6.45) is 1.57. The summed E-state index contributed by atoms with van der Waals surface area (Å²) in [5.41, 5.74) is 12.8. The molecule has 39 heavy (non-hydrogen) atoms. The van der Waals surface area contributed by atoms with Gasteiger partial charge in [0, 0.05) is 24.0 Å². The van der Waals surface area contributed by atoms with Crippen molar-refractivity contribution >= 4 is 17.6 Å². The van der Waals surface area contributed by atoms with Crippen molar-refractivity contribution in [2.45, 2.75) is 26.8 Å². The van der Waals surface area contributed by atoms with E-state index in [1.165, 1.54) is 26.5 Å². The molecule has 0 unspecified atom stereocenters. The van der Waals surface area contributed by atoms with Gasteiger partial charge < -0.3 is 20.5 Å². The standard InChI is InChI=1S/C31H30FN3O4/c1-18-22(21-14-26(32)25(16-33)29(15-21)38-3)7-5-8-23(18)24-9-6-10-27(19(24)2)35-31(37)28-12-11-20(17-34-28)13-30(36)39-4/h5-12,14-15,17H,13,16,33H2,1-4H3,(H,35,37). The molecule has 7 nitrogen and oxygen atoms in total. The van der Waals surface area contributed by atoms with Crippen molar-refractivity contribution < 1.29 is 23.5 Å². The number of hydrogen-bond donors (Lipinski definition) is 2. The van der Waals surface area contributed by atoms with Gasteiger partial charge in [0.15, 0.2) is 0 Å². The lowest BCUT2D eigenvalue weighted by Gasteiger charge is -2.17. The lowest BCUT2D eigenvalue weighted by atomic mass is 9.90. The van der Waals surface area contributed by atoms with Crippen LogP contribution >= 0.6 is 0 Å². The van der Waals surface area contributed by atoms with Crippen molar-refractivity contribution in [1.29, 1.82) is 0 Å². The highest BCUT2D eigenvalue weighted by Crippen LogP contribution is 2.37. The Balaban J connectivity index is 1.64. The zero-order chi connectivity index (χ0) is 28.1. The van der Waals surface area contributed by atoms with Crippen LogP contribution in [-0.2, 0) is 22.5 Å². The third-order valence-electron chi connectivity index (χ3n) is 6.73. The minimum atomic E-state index is -0.413. The molecule has 0 saturated carbocycles. The average molecular weight is 528 g/mol. The Labute approximate surface area is 226 Å². The van der Waals surface area contributed by atoms with Crippen LogP contribution in [0.25, 0.3) is 22.3 Å². The number of carbonyl (C=O) groups is 2. The number of amides is 1. The van der Waals surface area contributed by atoms with Gasteiger partial charge in [-0.15, -0.1) is 0 Å². The van der Waals surface area contributed by atoms with Gasteiger partial charge in [-0.25, -0.2) is 4.39 Å². The maximum atomic E-state index is 14.8. The van der Waals surface area contributed by atoms with Crippen LogP contribution in [0, 0.1) is 19.7 Å². The molecule has 0 fully saturated rings. The molecular weight excluding hydrogens is 497 g/mol. The molecule has 200 valence electrons. The molecule has 0 saturated heterocycles. The molecule has 1 heterocycles. The fraction of sp³-hybridized carbons (Fsp3) is 0.194. The number of pyridine rings is 1. The van der Waals surface area contributed by atoms with Crippen molar-refractivity contribution in [3.05, 3.63) is 101 Å². The number of halogens is 1. The molecule has 4 aromatic rings. The zero-order valence-corrected chi connectivity index (χ0v) is 22.3. The smallest absolute Gasteiger partial charge is 0.310 e. The Kier molecular flexibility index (Phi) is 8.36. The van der Waals surface area contributed by atoms with Gasteiger partial charge in [0.05, 0.1) is 20.6 Å². The van der Waals surface area contributed by atoms with Crippen molar-refractivity contribution in [1.82, 2.24) is 4.98 Å². The van der Waals surface area contributed by atoms with E-state index in [4.69, 9.17) is 10.5 Å². The van der Waals surface area contributed by atoms with Gasteiger partial charge in [-0.05, 0) is 77.1 Å². The van der Waals surface area contributed by atoms with Crippen LogP contribution in [0.3, 0.4) is 0 Å². The van der Waals surface area contributed by atoms with Gasteiger partial charge in [0.2, 0.25) is 0 Å². The molecule has 0 aliphatic carbocycles. The number of carbonyl (C=O) groups excluding carboxylic acids is 2. The predicted octanol–water partition coefficient (Wildman–Crippen LogP) is 5.61. The monoisotopic (exact) mass is 527 g/mol. The van der Waals surface area contributed by atoms with Gasteiger partial charge in [-0.2, -0.15) is 0 Å². The van der Waals surface area contributed by atoms with E-state index < -0.39 is 5.82 Å². The fourth-order valence-corrected chi connectivity index (χ4v) is 4.54. The molecular formula is C31H30FN3O4. The molecule has 0 aliphatic heterocycles. The number of nitrogens with zero attached hydrogens (tertiary/aromatic N) is 1. The molecule has 0 bridgehead atoms. The van der Waals surface area contributed by atoms with E-state index in [0.29, 0.717) is 28.1 Å². The second-order valence-corrected chi connectivity index (χ2v) is 9.06. The summed E-state index contributed by atoms with van der Waals surface area (Å²) in [7, 11) is 2.82. The van der Waals surface area contributed by atoms with E-state index >= 15 is 0 Å². The summed E-state index contributed by atoms with van der Waals surface area (Å²) < 4.78 is 24.8. The summed E-state index contributed by atoms with van der Waals surface area (Å²) >= 11 is 0. The van der Waals surface area contributed by atoms with Crippen molar-refractivity contribution in [3.63, 3.8) is 0 Å². The van der Waals surface area contributed by atoms with Crippen molar-refractivity contribution in [2.75, 3.05) is 19.5 Å². The van der Waals surface area contributed by atoms with E-state index in [0.717, 1.165) is 27.8 Å². The van der Waals surface area contributed by atoms with Crippen LogP contribution in [0.2, 0.25) is 0 Å². The SMILES string of the molecule is COC(=O)Cc1ccc(C(=O)Nc2cccc(-c3cccc(-c4cc(F)c(CN)c(OC)c4)c3C)c2C)nc1. The molecule has 1 aromatic heterocycles. The molecule has 0 atom stereocenters. The van der Waals surface area contributed by atoms with Gasteiger partial charge in [0.1, 0.15) is 17.3 Å². The number of ether oxygens (including phenoxy) is 2. The van der Waals surface area contributed by atoms with Crippen LogP contribution < -0.4 is 15.8 Å². The lowest BCUT2D eigenvalue weighted by molar-refractivity contribution is -0.139. The van der Waals surface area contributed by atoms with Gasteiger partial charge in [0.25, 0.3) is 5.91 Å². The summed E-state index contributed by atoms with van der Waals surface area (Å²) in [4.78, 5) is 28.6. The van der Waals surface area contributed by atoms with E-state index in [1.54, 1.807) is 18.2 Å². The molecule has 4 rings (SSSR count). The minimum Gasteiger partial charge on any atom is -0.496 e. The first kappa shape index (κ1) is 27.5. The van der Waals surface area contributed by atoms with E-state index in [9.17, 15) is 14.0 Å². The molecule has 1 amide bonds. The lowest BCUT2D eigenvalue weighted by Crippen LogP contribution is -2.15. The topological polar surface area (TPSA) is 104 Å². The highest BCUT2D eigenvalue weighted by atomic mass is 19.1. The molecule has 3 N–H and O–H groups in total. The summed E-state index contributed by atoms with van der Waals surface area (Å²) in [5, 5.41) is 2.94. The first-order valence-electron chi connectivity index (χ1n) is 12.4. The Bertz CT molecular complexity index is 1530. The Morgan fingerprint density at radius 1 is 0.949 bits per heavy atom. The maximum Gasteiger partial charge on any atom is 0.310 e. The third kappa shape index (κ3) is 5.81. The summed E-state index contributed by atoms with van der Waals surface area (Å²) in [6.45, 7) is 3.96. The maximum absolute atomic E-state index is 14.8. The molecule has 0 radical (unpaired) electrons. The summed E-state index contributed by atoms with van der Waals surface area (Å²) in [5.74, 6) is -0.750. The number of hydrogen-bond acceptors (Lipinski definition) is 6. The quantitative estimate of drug-likeness (QED) is 0.289. The van der Waals surface area contributed by atoms with E-state index in [2.05, 4.69) is 15.0 Å². The second-order valence-electron chi connectivity index (χ2n) is 9.06. The summed E-state index contributed by atoms with van der Waals surface area (Å²) in [6, 6.07) is 18.1. The van der Waals surface area contributed by atoms with Gasteiger partial charge >= 0.3 is 5.97 Å². The largest absolute Gasteiger partial charge is 0.496 e. The number of aromatic nitrogens is 1. The molecule has 3 aromatic carbocycles. The molecule has 8 heteroatoms. The number of anilines is 1. The number of esters is 1. The Morgan fingerprint density at radius 2 is 1.64 bits per heavy atom. The number of benzene rings is 3. The normalized spacial score (nSPS) is 10.7. The Morgan fingerprint density at radius 3 is 2.28 bits per heavy atom. The third-order valence-corrected chi connectivity index (χ3v) is 6.73. The van der Waals surface area contributed by atoms with Crippen LogP contribution in [0.4, 0.5) is 10.1 Å². The van der Waals surface area contributed by atoms with E-state index in [-0.39, 0.29) is 30.5 Å². The number of rotatable bonds is 8. The van der Waals surface area contributed by atoms with Crippen LogP contribution in [0.5, 0.6) is 5.75 Å². The average Bonchev–Trinajstić information content (AvgIpc) is 2.94. The predicted molar refractivity (Wildman–Crippen MR) is 149 cm³/mol. The first-order chi connectivity index (χ1) is 18.8. The number of nitrogens with one attached hydrogen (secondary N) is 1. The van der Waals surface area contributed by atoms with Crippen LogP contribution in [0.1, 0.15) is 32.7 Å². The van der Waals surface area contributed by atoms with Crippen molar-refractivity contribution in [2.24, 2.45) is 5.73 Å².